The molecule has 1 saturated heterocycles. The van der Waals surface area contributed by atoms with Crippen LogP contribution < -0.4 is 10.6 Å². The molecule has 118 valence electrons. The van der Waals surface area contributed by atoms with Crippen LogP contribution in [0.4, 0.5) is 5.69 Å². The van der Waals surface area contributed by atoms with Gasteiger partial charge in [0.25, 0.3) is 0 Å². The highest BCUT2D eigenvalue weighted by Gasteiger charge is 2.18. The molecule has 2 N–H and O–H groups in total. The van der Waals surface area contributed by atoms with E-state index in [2.05, 4.69) is 41.4 Å². The van der Waals surface area contributed by atoms with Crippen LogP contribution in [0.25, 0.3) is 0 Å². The number of anilines is 1. The summed E-state index contributed by atoms with van der Waals surface area (Å²) in [5, 5.41) is 6.21. The predicted molar refractivity (Wildman–Crippen MR) is 90.3 cm³/mol. The minimum atomic E-state index is -0.0776. The summed E-state index contributed by atoms with van der Waals surface area (Å²) in [6.45, 7) is 7.17. The Hall–Kier alpha value is -0.850. The third-order valence-electron chi connectivity index (χ3n) is 3.04. The summed E-state index contributed by atoms with van der Waals surface area (Å²) >= 11 is 1.89. The van der Waals surface area contributed by atoms with E-state index in [-0.39, 0.29) is 29.8 Å². The average Bonchev–Trinajstić information content (AvgIpc) is 2.39. The van der Waals surface area contributed by atoms with Gasteiger partial charge in [0.05, 0.1) is 18.1 Å². The summed E-state index contributed by atoms with van der Waals surface area (Å²) in [5.41, 5.74) is 0.581. The van der Waals surface area contributed by atoms with Crippen LogP contribution >= 0.6 is 24.2 Å². The number of hydrogen-bond donors (Lipinski definition) is 2. The maximum absolute atomic E-state index is 11.9. The molecule has 2 rings (SSSR count). The molecule has 21 heavy (non-hydrogen) atoms. The fourth-order valence-electron chi connectivity index (χ4n) is 1.97. The van der Waals surface area contributed by atoms with E-state index in [0.29, 0.717) is 12.1 Å². The smallest absolute Gasteiger partial charge is 0.226 e. The first kappa shape index (κ1) is 18.2. The number of halogens is 1. The molecule has 1 aromatic heterocycles. The standard InChI is InChI=1S/C14H22N4OS.ClH/c1-14(2,3)13-16-7-11(8-17-13)18-12(19)6-10-9-20-5-4-15-10;/h7-8,10,15H,4-6,9H2,1-3H3,(H,18,19);1H. The molecular weight excluding hydrogens is 308 g/mol. The van der Waals surface area contributed by atoms with Crippen molar-refractivity contribution in [3.8, 4) is 0 Å². The first-order chi connectivity index (χ1) is 9.45. The number of carbonyl (C=O) groups is 1. The molecule has 0 saturated carbocycles. The topological polar surface area (TPSA) is 66.9 Å². The van der Waals surface area contributed by atoms with Gasteiger partial charge in [0.1, 0.15) is 5.82 Å². The van der Waals surface area contributed by atoms with E-state index in [1.54, 1.807) is 12.4 Å². The Morgan fingerprint density at radius 1 is 1.43 bits per heavy atom. The van der Waals surface area contributed by atoms with Gasteiger partial charge in [-0.3, -0.25) is 4.79 Å². The van der Waals surface area contributed by atoms with E-state index in [1.807, 2.05) is 11.8 Å². The van der Waals surface area contributed by atoms with Gasteiger partial charge < -0.3 is 10.6 Å². The van der Waals surface area contributed by atoms with Gasteiger partial charge in [-0.15, -0.1) is 12.4 Å². The van der Waals surface area contributed by atoms with Crippen molar-refractivity contribution in [3.05, 3.63) is 18.2 Å². The highest BCUT2D eigenvalue weighted by molar-refractivity contribution is 7.99. The third-order valence-corrected chi connectivity index (χ3v) is 4.17. The molecule has 0 spiro atoms. The molecule has 0 bridgehead atoms. The Balaban J connectivity index is 0.00000220. The van der Waals surface area contributed by atoms with Crippen LogP contribution in [0.3, 0.4) is 0 Å². The largest absolute Gasteiger partial charge is 0.323 e. The Morgan fingerprint density at radius 3 is 2.62 bits per heavy atom. The molecule has 1 amide bonds. The highest BCUT2D eigenvalue weighted by atomic mass is 35.5. The molecule has 1 aromatic rings. The number of nitrogens with zero attached hydrogens (tertiary/aromatic N) is 2. The SMILES string of the molecule is CC(C)(C)c1ncc(NC(=O)CC2CSCCN2)cn1.Cl. The van der Waals surface area contributed by atoms with Crippen molar-refractivity contribution in [1.82, 2.24) is 15.3 Å². The van der Waals surface area contributed by atoms with Crippen LogP contribution in [0.1, 0.15) is 33.0 Å². The summed E-state index contributed by atoms with van der Waals surface area (Å²) in [4.78, 5) is 20.6. The van der Waals surface area contributed by atoms with Gasteiger partial charge in [-0.05, 0) is 0 Å². The first-order valence-electron chi connectivity index (χ1n) is 6.88. The molecule has 5 nitrogen and oxygen atoms in total. The summed E-state index contributed by atoms with van der Waals surface area (Å²) < 4.78 is 0. The number of thioether (sulfide) groups is 1. The number of hydrogen-bond acceptors (Lipinski definition) is 5. The van der Waals surface area contributed by atoms with E-state index >= 15 is 0 Å². The number of nitrogens with one attached hydrogen (secondary N) is 2. The van der Waals surface area contributed by atoms with Crippen LogP contribution in [0.2, 0.25) is 0 Å². The molecule has 2 heterocycles. The van der Waals surface area contributed by atoms with Crippen LogP contribution in [-0.4, -0.2) is 40.0 Å². The van der Waals surface area contributed by atoms with Gasteiger partial charge in [-0.25, -0.2) is 9.97 Å². The molecule has 1 aliphatic heterocycles. The minimum absolute atomic E-state index is 0. The summed E-state index contributed by atoms with van der Waals surface area (Å²) in [6, 6.07) is 0.267. The van der Waals surface area contributed by atoms with E-state index < -0.39 is 0 Å². The van der Waals surface area contributed by atoms with Gasteiger partial charge in [-0.1, -0.05) is 20.8 Å². The van der Waals surface area contributed by atoms with Crippen molar-refractivity contribution in [2.75, 3.05) is 23.4 Å². The van der Waals surface area contributed by atoms with Crippen molar-refractivity contribution in [2.45, 2.75) is 38.6 Å². The van der Waals surface area contributed by atoms with E-state index in [4.69, 9.17) is 0 Å². The fraction of sp³-hybridized carbons (Fsp3) is 0.643. The minimum Gasteiger partial charge on any atom is -0.323 e. The fourth-order valence-corrected chi connectivity index (χ4v) is 2.92. The van der Waals surface area contributed by atoms with E-state index in [1.165, 1.54) is 0 Å². The second-order valence-corrected chi connectivity index (χ2v) is 7.17. The predicted octanol–water partition coefficient (Wildman–Crippen LogP) is 2.23. The van der Waals surface area contributed by atoms with Crippen molar-refractivity contribution < 1.29 is 4.79 Å². The maximum Gasteiger partial charge on any atom is 0.226 e. The van der Waals surface area contributed by atoms with Crippen LogP contribution in [0.15, 0.2) is 12.4 Å². The van der Waals surface area contributed by atoms with Crippen molar-refractivity contribution in [3.63, 3.8) is 0 Å². The molecule has 1 aliphatic rings. The highest BCUT2D eigenvalue weighted by Crippen LogP contribution is 2.18. The van der Waals surface area contributed by atoms with Gasteiger partial charge in [-0.2, -0.15) is 11.8 Å². The lowest BCUT2D eigenvalue weighted by molar-refractivity contribution is -0.116. The molecular formula is C14H23ClN4OS. The summed E-state index contributed by atoms with van der Waals surface area (Å²) in [6.07, 6.45) is 3.84. The third kappa shape index (κ3) is 5.80. The van der Waals surface area contributed by atoms with Gasteiger partial charge in [0.15, 0.2) is 0 Å². The normalized spacial score (nSPS) is 18.7. The zero-order valence-electron chi connectivity index (χ0n) is 12.7. The molecule has 1 fully saturated rings. The molecule has 1 unspecified atom stereocenters. The zero-order chi connectivity index (χ0) is 14.6. The molecule has 0 radical (unpaired) electrons. The summed E-state index contributed by atoms with van der Waals surface area (Å²) in [5.74, 6) is 2.91. The second-order valence-electron chi connectivity index (χ2n) is 6.02. The van der Waals surface area contributed by atoms with E-state index in [0.717, 1.165) is 23.9 Å². The maximum atomic E-state index is 11.9. The van der Waals surface area contributed by atoms with Crippen molar-refractivity contribution in [1.29, 1.82) is 0 Å². The summed E-state index contributed by atoms with van der Waals surface area (Å²) in [7, 11) is 0. The van der Waals surface area contributed by atoms with Crippen molar-refractivity contribution >= 4 is 35.8 Å². The Labute approximate surface area is 136 Å². The zero-order valence-corrected chi connectivity index (χ0v) is 14.3. The van der Waals surface area contributed by atoms with Crippen molar-refractivity contribution in [2.24, 2.45) is 0 Å². The van der Waals surface area contributed by atoms with Gasteiger partial charge in [0.2, 0.25) is 5.91 Å². The lowest BCUT2D eigenvalue weighted by atomic mass is 9.96. The van der Waals surface area contributed by atoms with Crippen LogP contribution in [0, 0.1) is 0 Å². The first-order valence-corrected chi connectivity index (χ1v) is 8.04. The second kappa shape index (κ2) is 7.96. The van der Waals surface area contributed by atoms with Gasteiger partial charge >= 0.3 is 0 Å². The molecule has 7 heteroatoms. The average molecular weight is 331 g/mol. The van der Waals surface area contributed by atoms with Gasteiger partial charge in [0, 0.05) is 35.9 Å². The molecule has 1 atom stereocenters. The Morgan fingerprint density at radius 2 is 2.10 bits per heavy atom. The van der Waals surface area contributed by atoms with Crippen LogP contribution in [-0.2, 0) is 10.2 Å². The number of rotatable bonds is 3. The Kier molecular flexibility index (Phi) is 6.90. The Bertz CT molecular complexity index is 455. The quantitative estimate of drug-likeness (QED) is 0.889. The molecule has 0 aliphatic carbocycles. The number of carbonyl (C=O) groups excluding carboxylic acids is 1. The lowest BCUT2D eigenvalue weighted by Gasteiger charge is -2.22. The number of amides is 1. The van der Waals surface area contributed by atoms with Crippen LogP contribution in [0.5, 0.6) is 0 Å². The number of aromatic nitrogens is 2. The monoisotopic (exact) mass is 330 g/mol. The molecule has 0 aromatic carbocycles. The lowest BCUT2D eigenvalue weighted by Crippen LogP contribution is -2.39. The van der Waals surface area contributed by atoms with E-state index in [9.17, 15) is 4.79 Å².